The quantitative estimate of drug-likeness (QED) is 0.840. The minimum absolute atomic E-state index is 0.0519. The number of piperidine rings is 1. The fraction of sp³-hybridized carbons (Fsp3) is 0.444. The lowest BCUT2D eigenvalue weighted by Crippen LogP contribution is -2.49. The number of aliphatic hydroxyl groups excluding tert-OH is 1. The number of halogens is 2. The second-order valence-corrected chi connectivity index (χ2v) is 7.57. The zero-order valence-corrected chi connectivity index (χ0v) is 15.8. The van der Waals surface area contributed by atoms with Crippen molar-refractivity contribution in [2.75, 3.05) is 23.7 Å². The predicted octanol–water partition coefficient (Wildman–Crippen LogP) is 4.02. The molecule has 25 heavy (non-hydrogen) atoms. The van der Waals surface area contributed by atoms with Crippen LogP contribution in [0, 0.1) is 5.41 Å². The summed E-state index contributed by atoms with van der Waals surface area (Å²) in [4.78, 5) is 11.0. The number of hydrogen-bond acceptors (Lipinski definition) is 5. The van der Waals surface area contributed by atoms with Gasteiger partial charge in [-0.25, -0.2) is 9.97 Å². The van der Waals surface area contributed by atoms with Crippen molar-refractivity contribution in [3.63, 3.8) is 0 Å². The highest BCUT2D eigenvalue weighted by Crippen LogP contribution is 2.37. The molecule has 1 saturated heterocycles. The van der Waals surface area contributed by atoms with E-state index in [0.29, 0.717) is 39.5 Å². The van der Waals surface area contributed by atoms with Crippen molar-refractivity contribution >= 4 is 34.8 Å². The number of nitrogens with zero attached hydrogens (tertiary/aromatic N) is 3. The van der Waals surface area contributed by atoms with Crippen LogP contribution >= 0.6 is 23.2 Å². The summed E-state index contributed by atoms with van der Waals surface area (Å²) in [5, 5.41) is 11.3. The first-order valence-electron chi connectivity index (χ1n) is 8.35. The van der Waals surface area contributed by atoms with Crippen molar-refractivity contribution in [2.45, 2.75) is 32.8 Å². The molecule has 0 spiro atoms. The second-order valence-electron chi connectivity index (χ2n) is 6.78. The average Bonchev–Trinajstić information content (AvgIpc) is 2.60. The van der Waals surface area contributed by atoms with Crippen molar-refractivity contribution in [2.24, 2.45) is 5.41 Å². The van der Waals surface area contributed by atoms with Gasteiger partial charge in [0.25, 0.3) is 0 Å². The number of nitrogens with two attached hydrogens (primary N) is 1. The van der Waals surface area contributed by atoms with E-state index in [9.17, 15) is 5.11 Å². The highest BCUT2D eigenvalue weighted by Gasteiger charge is 2.37. The van der Waals surface area contributed by atoms with Gasteiger partial charge < -0.3 is 15.7 Å². The highest BCUT2D eigenvalue weighted by molar-refractivity contribution is 6.43. The molecule has 1 aromatic heterocycles. The Kier molecular flexibility index (Phi) is 5.09. The van der Waals surface area contributed by atoms with E-state index in [0.717, 1.165) is 19.4 Å². The van der Waals surface area contributed by atoms with Crippen LogP contribution in [0.2, 0.25) is 10.0 Å². The summed E-state index contributed by atoms with van der Waals surface area (Å²) in [6.07, 6.45) is 3.11. The van der Waals surface area contributed by atoms with Crippen molar-refractivity contribution < 1.29 is 5.11 Å². The van der Waals surface area contributed by atoms with Crippen LogP contribution in [-0.2, 0) is 0 Å². The molecule has 0 radical (unpaired) electrons. The van der Waals surface area contributed by atoms with Crippen LogP contribution < -0.4 is 10.6 Å². The molecule has 1 aliphatic rings. The lowest BCUT2D eigenvalue weighted by molar-refractivity contribution is 0.0187. The monoisotopic (exact) mass is 380 g/mol. The van der Waals surface area contributed by atoms with Crippen molar-refractivity contribution in [3.8, 4) is 11.3 Å². The van der Waals surface area contributed by atoms with E-state index >= 15 is 0 Å². The minimum Gasteiger partial charge on any atom is -0.391 e. The molecule has 1 fully saturated rings. The Labute approximate surface area is 157 Å². The summed E-state index contributed by atoms with van der Waals surface area (Å²) in [6.45, 7) is 5.57. The molecule has 134 valence electrons. The van der Waals surface area contributed by atoms with Crippen molar-refractivity contribution in [1.82, 2.24) is 9.97 Å². The van der Waals surface area contributed by atoms with Gasteiger partial charge in [0.1, 0.15) is 11.5 Å². The molecule has 7 heteroatoms. The first-order chi connectivity index (χ1) is 11.9. The Balaban J connectivity index is 1.87. The van der Waals surface area contributed by atoms with Crippen LogP contribution in [0.15, 0.2) is 24.4 Å². The minimum atomic E-state index is -0.406. The molecule has 0 bridgehead atoms. The number of β-amino-alcohol motifs (C(OH)–C–C–N with tert-alkyl or cyclic N) is 1. The van der Waals surface area contributed by atoms with E-state index in [1.807, 2.05) is 11.0 Å². The van der Waals surface area contributed by atoms with E-state index in [1.54, 1.807) is 18.3 Å². The zero-order chi connectivity index (χ0) is 18.2. The number of rotatable bonds is 3. The Morgan fingerprint density at radius 2 is 2.16 bits per heavy atom. The van der Waals surface area contributed by atoms with Crippen LogP contribution in [0.1, 0.15) is 26.7 Å². The Hall–Kier alpha value is -1.56. The topological polar surface area (TPSA) is 75.3 Å². The van der Waals surface area contributed by atoms with Crippen LogP contribution in [0.5, 0.6) is 0 Å². The number of benzene rings is 1. The molecular formula is C18H22Cl2N4O. The van der Waals surface area contributed by atoms with Crippen LogP contribution in [-0.4, -0.2) is 34.3 Å². The maximum Gasteiger partial charge on any atom is 0.152 e. The van der Waals surface area contributed by atoms with Gasteiger partial charge in [-0.3, -0.25) is 0 Å². The summed E-state index contributed by atoms with van der Waals surface area (Å²) >= 11 is 12.3. The zero-order valence-electron chi connectivity index (χ0n) is 14.3. The standard InChI is InChI=1S/C18H22Cl2N4O/c1-3-18(2)7-8-24(10-13(18)25)14-9-22-16(17(21)23-14)11-5-4-6-12(19)15(11)20/h4-6,9,13,25H,3,7-8,10H2,1-2H3,(H2,21,23)/t13-,18+/m0/s1. The molecule has 1 aromatic carbocycles. The van der Waals surface area contributed by atoms with Gasteiger partial charge in [-0.1, -0.05) is 49.2 Å². The molecule has 0 amide bonds. The van der Waals surface area contributed by atoms with Gasteiger partial charge in [-0.15, -0.1) is 0 Å². The third-order valence-electron chi connectivity index (χ3n) is 5.28. The van der Waals surface area contributed by atoms with Crippen LogP contribution in [0.25, 0.3) is 11.3 Å². The Morgan fingerprint density at radius 1 is 1.40 bits per heavy atom. The Bertz CT molecular complexity index is 786. The van der Waals surface area contributed by atoms with Gasteiger partial charge in [-0.05, 0) is 24.3 Å². The normalized spacial score (nSPS) is 23.7. The smallest absolute Gasteiger partial charge is 0.152 e. The summed E-state index contributed by atoms with van der Waals surface area (Å²) < 4.78 is 0. The number of anilines is 2. The SMILES string of the molecule is CC[C@]1(C)CCN(c2cnc(-c3cccc(Cl)c3Cl)c(N)n2)C[C@@H]1O. The van der Waals surface area contributed by atoms with Gasteiger partial charge in [0.15, 0.2) is 5.82 Å². The molecule has 3 N–H and O–H groups in total. The summed E-state index contributed by atoms with van der Waals surface area (Å²) in [7, 11) is 0. The van der Waals surface area contributed by atoms with Gasteiger partial charge in [0.2, 0.25) is 0 Å². The van der Waals surface area contributed by atoms with E-state index < -0.39 is 6.10 Å². The molecule has 0 aliphatic carbocycles. The number of nitrogen functional groups attached to an aromatic ring is 1. The number of hydrogen-bond donors (Lipinski definition) is 2. The maximum atomic E-state index is 10.5. The van der Waals surface area contributed by atoms with Gasteiger partial charge >= 0.3 is 0 Å². The Morgan fingerprint density at radius 3 is 2.80 bits per heavy atom. The van der Waals surface area contributed by atoms with E-state index in [4.69, 9.17) is 28.9 Å². The van der Waals surface area contributed by atoms with Gasteiger partial charge in [0, 0.05) is 18.7 Å². The molecule has 3 rings (SSSR count). The highest BCUT2D eigenvalue weighted by atomic mass is 35.5. The third-order valence-corrected chi connectivity index (χ3v) is 6.09. The molecule has 0 unspecified atom stereocenters. The molecular weight excluding hydrogens is 359 g/mol. The lowest BCUT2D eigenvalue weighted by Gasteiger charge is -2.43. The largest absolute Gasteiger partial charge is 0.391 e. The number of aromatic nitrogens is 2. The van der Waals surface area contributed by atoms with Gasteiger partial charge in [0.05, 0.1) is 22.3 Å². The second kappa shape index (κ2) is 6.98. The lowest BCUT2D eigenvalue weighted by atomic mass is 9.76. The van der Waals surface area contributed by atoms with E-state index in [2.05, 4.69) is 23.8 Å². The molecule has 1 aliphatic heterocycles. The van der Waals surface area contributed by atoms with Crippen molar-refractivity contribution in [3.05, 3.63) is 34.4 Å². The van der Waals surface area contributed by atoms with E-state index in [-0.39, 0.29) is 5.41 Å². The van der Waals surface area contributed by atoms with E-state index in [1.165, 1.54) is 0 Å². The van der Waals surface area contributed by atoms with Crippen LogP contribution in [0.3, 0.4) is 0 Å². The average molecular weight is 381 g/mol. The first-order valence-corrected chi connectivity index (χ1v) is 9.11. The molecule has 5 nitrogen and oxygen atoms in total. The van der Waals surface area contributed by atoms with Crippen molar-refractivity contribution in [1.29, 1.82) is 0 Å². The number of aliphatic hydroxyl groups is 1. The predicted molar refractivity (Wildman–Crippen MR) is 103 cm³/mol. The maximum absolute atomic E-state index is 10.5. The summed E-state index contributed by atoms with van der Waals surface area (Å²) in [6, 6.07) is 5.32. The fourth-order valence-corrected chi connectivity index (χ4v) is 3.53. The fourth-order valence-electron chi connectivity index (χ4n) is 3.14. The summed E-state index contributed by atoms with van der Waals surface area (Å²) in [5.74, 6) is 0.955. The third kappa shape index (κ3) is 3.41. The van der Waals surface area contributed by atoms with Gasteiger partial charge in [-0.2, -0.15) is 0 Å². The molecule has 0 saturated carbocycles. The molecule has 2 heterocycles. The summed E-state index contributed by atoms with van der Waals surface area (Å²) in [5.41, 5.74) is 7.24. The molecule has 2 atom stereocenters. The van der Waals surface area contributed by atoms with Crippen LogP contribution in [0.4, 0.5) is 11.6 Å². The first kappa shape index (κ1) is 18.2. The molecule has 2 aromatic rings.